The van der Waals surface area contributed by atoms with Gasteiger partial charge in [-0.3, -0.25) is 0 Å². The maximum absolute atomic E-state index is 13.4. The smallest absolute Gasteiger partial charge is 0.392 e. The van der Waals surface area contributed by atoms with Crippen LogP contribution in [0.2, 0.25) is 0 Å². The Labute approximate surface area is 114 Å². The Morgan fingerprint density at radius 3 is 2.37 bits per heavy atom. The number of sulfonamides is 1. The number of nitrogens with two attached hydrogens (primary N) is 1. The third-order valence-corrected chi connectivity index (χ3v) is 3.48. The quantitative estimate of drug-likeness (QED) is 0.833. The van der Waals surface area contributed by atoms with E-state index in [1.807, 2.05) is 0 Å². The predicted octanol–water partition coefficient (Wildman–Crippen LogP) is 2.57. The van der Waals surface area contributed by atoms with Gasteiger partial charge < -0.3 is 4.74 Å². The second-order valence-electron chi connectivity index (χ2n) is 3.47. The fourth-order valence-electron chi connectivity index (χ4n) is 1.12. The topological polar surface area (TPSA) is 69.4 Å². The fraction of sp³-hybridized carbons (Fsp3) is 0.333. The van der Waals surface area contributed by atoms with Crippen molar-refractivity contribution in [1.29, 1.82) is 0 Å². The molecule has 0 spiro atoms. The highest BCUT2D eigenvalue weighted by Crippen LogP contribution is 2.30. The van der Waals surface area contributed by atoms with E-state index in [4.69, 9.17) is 9.88 Å². The summed E-state index contributed by atoms with van der Waals surface area (Å²) in [6, 6.07) is 1.48. The Hall–Kier alpha value is -0.870. The molecule has 1 rings (SSSR count). The molecule has 1 aromatic carbocycles. The lowest BCUT2D eigenvalue weighted by Crippen LogP contribution is -2.15. The van der Waals surface area contributed by atoms with Crippen LogP contribution in [0.15, 0.2) is 21.5 Å². The summed E-state index contributed by atoms with van der Waals surface area (Å²) in [5, 5.41) is 4.76. The second kappa shape index (κ2) is 5.63. The molecule has 0 radical (unpaired) electrons. The summed E-state index contributed by atoms with van der Waals surface area (Å²) in [6.45, 7) is -0.712. The van der Waals surface area contributed by atoms with Gasteiger partial charge in [0.15, 0.2) is 0 Å². The maximum atomic E-state index is 13.4. The summed E-state index contributed by atoms with van der Waals surface area (Å²) in [5.41, 5.74) is 0. The number of halogens is 5. The zero-order chi connectivity index (χ0) is 14.8. The molecule has 0 amide bonds. The molecule has 0 heterocycles. The molecule has 0 aliphatic rings. The molecule has 2 N–H and O–H groups in total. The van der Waals surface area contributed by atoms with Crippen LogP contribution in [0.25, 0.3) is 0 Å². The van der Waals surface area contributed by atoms with Crippen LogP contribution in [-0.2, 0) is 10.0 Å². The second-order valence-corrected chi connectivity index (χ2v) is 5.86. The number of alkyl halides is 3. The van der Waals surface area contributed by atoms with Crippen molar-refractivity contribution in [2.75, 3.05) is 6.61 Å². The van der Waals surface area contributed by atoms with Crippen LogP contribution in [0, 0.1) is 5.82 Å². The van der Waals surface area contributed by atoms with E-state index >= 15 is 0 Å². The molecule has 10 heteroatoms. The monoisotopic (exact) mass is 365 g/mol. The van der Waals surface area contributed by atoms with Crippen molar-refractivity contribution in [1.82, 2.24) is 0 Å². The first kappa shape index (κ1) is 16.2. The lowest BCUT2D eigenvalue weighted by atomic mass is 10.3. The lowest BCUT2D eigenvalue weighted by Gasteiger charge is -2.11. The highest BCUT2D eigenvalue weighted by Gasteiger charge is 2.27. The molecule has 1 aromatic rings. The first-order chi connectivity index (χ1) is 8.50. The molecule has 108 valence electrons. The van der Waals surface area contributed by atoms with Crippen LogP contribution in [0.4, 0.5) is 17.6 Å². The average Bonchev–Trinajstić information content (AvgIpc) is 2.19. The van der Waals surface area contributed by atoms with Gasteiger partial charge in [0.2, 0.25) is 10.0 Å². The van der Waals surface area contributed by atoms with Gasteiger partial charge in [0.1, 0.15) is 16.5 Å². The zero-order valence-corrected chi connectivity index (χ0v) is 11.6. The van der Waals surface area contributed by atoms with Crippen LogP contribution in [-0.4, -0.2) is 21.2 Å². The molecule has 19 heavy (non-hydrogen) atoms. The summed E-state index contributed by atoms with van der Waals surface area (Å²) in [7, 11) is -4.26. The van der Waals surface area contributed by atoms with Gasteiger partial charge in [-0.25, -0.2) is 17.9 Å². The van der Waals surface area contributed by atoms with E-state index in [1.54, 1.807) is 0 Å². The van der Waals surface area contributed by atoms with E-state index in [9.17, 15) is 26.0 Å². The Morgan fingerprint density at radius 2 is 1.89 bits per heavy atom. The van der Waals surface area contributed by atoms with Gasteiger partial charge in [0.05, 0.1) is 17.5 Å². The van der Waals surface area contributed by atoms with E-state index in [-0.39, 0.29) is 10.2 Å². The first-order valence-electron chi connectivity index (χ1n) is 4.72. The van der Waals surface area contributed by atoms with Crippen LogP contribution in [0.5, 0.6) is 5.75 Å². The summed E-state index contributed by atoms with van der Waals surface area (Å²) in [6.07, 6.45) is -5.61. The normalized spacial score (nSPS) is 12.5. The van der Waals surface area contributed by atoms with Gasteiger partial charge in [-0.15, -0.1) is 0 Å². The van der Waals surface area contributed by atoms with Crippen molar-refractivity contribution >= 4 is 26.0 Å². The molecule has 0 unspecified atom stereocenters. The Balaban J connectivity index is 2.91. The average molecular weight is 366 g/mol. The molecule has 0 fully saturated rings. The zero-order valence-electron chi connectivity index (χ0n) is 9.17. The molecule has 0 atom stereocenters. The van der Waals surface area contributed by atoms with Crippen molar-refractivity contribution in [3.63, 3.8) is 0 Å². The molecule has 4 nitrogen and oxygen atoms in total. The predicted molar refractivity (Wildman–Crippen MR) is 61.6 cm³/mol. The van der Waals surface area contributed by atoms with E-state index < -0.39 is 39.9 Å². The van der Waals surface area contributed by atoms with Crippen molar-refractivity contribution < 1.29 is 30.7 Å². The summed E-state index contributed by atoms with van der Waals surface area (Å²) >= 11 is 2.86. The highest BCUT2D eigenvalue weighted by atomic mass is 79.9. The summed E-state index contributed by atoms with van der Waals surface area (Å²) in [5.74, 6) is -1.44. The number of benzene rings is 1. The summed E-state index contributed by atoms with van der Waals surface area (Å²) < 4.78 is 75.8. The minimum absolute atomic E-state index is 0.0138. The van der Waals surface area contributed by atoms with E-state index in [1.165, 1.54) is 0 Å². The van der Waals surface area contributed by atoms with E-state index in [0.29, 0.717) is 6.07 Å². The molecule has 0 aromatic heterocycles. The number of rotatable bonds is 4. The van der Waals surface area contributed by atoms with Crippen molar-refractivity contribution in [2.24, 2.45) is 5.14 Å². The molecule has 0 aliphatic heterocycles. The molecule has 0 saturated heterocycles. The van der Waals surface area contributed by atoms with Gasteiger partial charge >= 0.3 is 6.18 Å². The van der Waals surface area contributed by atoms with E-state index in [0.717, 1.165) is 6.07 Å². The van der Waals surface area contributed by atoms with Gasteiger partial charge in [-0.1, -0.05) is 0 Å². The minimum atomic E-state index is -4.40. The van der Waals surface area contributed by atoms with Crippen LogP contribution in [0.3, 0.4) is 0 Å². The molecule has 0 bridgehead atoms. The lowest BCUT2D eigenvalue weighted by molar-refractivity contribution is -0.139. The van der Waals surface area contributed by atoms with Crippen LogP contribution in [0.1, 0.15) is 6.42 Å². The summed E-state index contributed by atoms with van der Waals surface area (Å²) in [4.78, 5) is -0.775. The van der Waals surface area contributed by atoms with Crippen LogP contribution < -0.4 is 9.88 Å². The van der Waals surface area contributed by atoms with Gasteiger partial charge in [0, 0.05) is 6.07 Å². The van der Waals surface area contributed by atoms with Crippen molar-refractivity contribution in [3.8, 4) is 5.75 Å². The number of hydrogen-bond acceptors (Lipinski definition) is 3. The first-order valence-corrected chi connectivity index (χ1v) is 7.06. The van der Waals surface area contributed by atoms with Crippen LogP contribution >= 0.6 is 15.9 Å². The Kier molecular flexibility index (Phi) is 4.80. The van der Waals surface area contributed by atoms with E-state index in [2.05, 4.69) is 15.9 Å². The molecular weight excluding hydrogens is 358 g/mol. The maximum Gasteiger partial charge on any atom is 0.392 e. The standard InChI is InChI=1S/C9H8BrF4NO3S/c10-5-3-8(19(15,16)17)6(11)4-7(5)18-2-1-9(12,13)14/h3-4H,1-2H2,(H2,15,16,17). The number of primary sulfonamides is 1. The molecule has 0 saturated carbocycles. The SMILES string of the molecule is NS(=O)(=O)c1cc(Br)c(OCCC(F)(F)F)cc1F. The van der Waals surface area contributed by atoms with Gasteiger partial charge in [-0.2, -0.15) is 13.2 Å². The van der Waals surface area contributed by atoms with Crippen molar-refractivity contribution in [2.45, 2.75) is 17.5 Å². The Bertz CT molecular complexity index is 574. The molecular formula is C9H8BrF4NO3S. The highest BCUT2D eigenvalue weighted by molar-refractivity contribution is 9.10. The fourth-order valence-corrected chi connectivity index (χ4v) is 2.34. The van der Waals surface area contributed by atoms with Gasteiger partial charge in [-0.05, 0) is 22.0 Å². The van der Waals surface area contributed by atoms with Gasteiger partial charge in [0.25, 0.3) is 0 Å². The van der Waals surface area contributed by atoms with Crippen molar-refractivity contribution in [3.05, 3.63) is 22.4 Å². The molecule has 0 aliphatic carbocycles. The third-order valence-electron chi connectivity index (χ3n) is 1.94. The largest absolute Gasteiger partial charge is 0.492 e. The Morgan fingerprint density at radius 1 is 1.32 bits per heavy atom. The third kappa shape index (κ3) is 4.96. The number of hydrogen-bond donors (Lipinski definition) is 1. The minimum Gasteiger partial charge on any atom is -0.492 e. The number of ether oxygens (including phenoxy) is 1.